The fourth-order valence-electron chi connectivity index (χ4n) is 1.77. The van der Waals surface area contributed by atoms with E-state index < -0.39 is 0 Å². The van der Waals surface area contributed by atoms with Gasteiger partial charge in [0.2, 0.25) is 0 Å². The second-order valence-electron chi connectivity index (χ2n) is 3.66. The molecular formula is C11H16N2O. The summed E-state index contributed by atoms with van der Waals surface area (Å²) in [6, 6.07) is 6.39. The zero-order valence-corrected chi connectivity index (χ0v) is 8.42. The Labute approximate surface area is 84.3 Å². The van der Waals surface area contributed by atoms with Crippen molar-refractivity contribution in [3.05, 3.63) is 29.3 Å². The molecule has 0 amide bonds. The number of benzene rings is 1. The molecule has 0 spiro atoms. The van der Waals surface area contributed by atoms with E-state index >= 15 is 0 Å². The SMILES string of the molecule is Cc1cccc(C2COCCN2)c1N. The maximum Gasteiger partial charge on any atom is 0.0662 e. The number of rotatable bonds is 1. The Hall–Kier alpha value is -1.06. The molecule has 0 aromatic heterocycles. The molecule has 1 aromatic rings. The summed E-state index contributed by atoms with van der Waals surface area (Å²) >= 11 is 0. The van der Waals surface area contributed by atoms with E-state index in [9.17, 15) is 0 Å². The highest BCUT2D eigenvalue weighted by atomic mass is 16.5. The normalized spacial score (nSPS) is 22.2. The van der Waals surface area contributed by atoms with Crippen molar-refractivity contribution >= 4 is 5.69 Å². The summed E-state index contributed by atoms with van der Waals surface area (Å²) in [4.78, 5) is 0. The average molecular weight is 192 g/mol. The molecule has 1 unspecified atom stereocenters. The number of nitrogen functional groups attached to an aromatic ring is 1. The Bertz CT molecular complexity index is 319. The summed E-state index contributed by atoms with van der Waals surface area (Å²) in [5.74, 6) is 0. The van der Waals surface area contributed by atoms with Crippen molar-refractivity contribution in [2.75, 3.05) is 25.5 Å². The van der Waals surface area contributed by atoms with Crippen LogP contribution >= 0.6 is 0 Å². The molecule has 0 bridgehead atoms. The van der Waals surface area contributed by atoms with Crippen LogP contribution in [0.25, 0.3) is 0 Å². The van der Waals surface area contributed by atoms with Gasteiger partial charge in [-0.25, -0.2) is 0 Å². The highest BCUT2D eigenvalue weighted by molar-refractivity contribution is 5.54. The molecule has 3 heteroatoms. The summed E-state index contributed by atoms with van der Waals surface area (Å²) < 4.78 is 5.41. The van der Waals surface area contributed by atoms with Gasteiger partial charge in [-0.3, -0.25) is 0 Å². The van der Waals surface area contributed by atoms with E-state index in [0.29, 0.717) is 6.61 Å². The molecule has 0 aliphatic carbocycles. The van der Waals surface area contributed by atoms with Crippen molar-refractivity contribution in [2.45, 2.75) is 13.0 Å². The number of hydrogen-bond donors (Lipinski definition) is 2. The molecule has 3 N–H and O–H groups in total. The molecule has 0 saturated carbocycles. The highest BCUT2D eigenvalue weighted by Crippen LogP contribution is 2.24. The zero-order chi connectivity index (χ0) is 9.97. The van der Waals surface area contributed by atoms with Gasteiger partial charge < -0.3 is 15.8 Å². The van der Waals surface area contributed by atoms with Crippen LogP contribution in [0.4, 0.5) is 5.69 Å². The predicted molar refractivity (Wildman–Crippen MR) is 57.2 cm³/mol. The van der Waals surface area contributed by atoms with Crippen LogP contribution in [0.15, 0.2) is 18.2 Å². The van der Waals surface area contributed by atoms with E-state index in [-0.39, 0.29) is 6.04 Å². The maximum absolute atomic E-state index is 6.02. The standard InChI is InChI=1S/C11H16N2O/c1-8-3-2-4-9(11(8)12)10-7-14-6-5-13-10/h2-4,10,13H,5-7,12H2,1H3. The molecular weight excluding hydrogens is 176 g/mol. The van der Waals surface area contributed by atoms with Crippen LogP contribution in [0.5, 0.6) is 0 Å². The molecule has 1 heterocycles. The lowest BCUT2D eigenvalue weighted by molar-refractivity contribution is 0.0771. The molecule has 0 radical (unpaired) electrons. The molecule has 1 saturated heterocycles. The first-order valence-electron chi connectivity index (χ1n) is 4.95. The lowest BCUT2D eigenvalue weighted by Gasteiger charge is -2.25. The summed E-state index contributed by atoms with van der Waals surface area (Å²) in [6.07, 6.45) is 0. The number of morpholine rings is 1. The first-order chi connectivity index (χ1) is 6.79. The van der Waals surface area contributed by atoms with Gasteiger partial charge in [-0.2, -0.15) is 0 Å². The van der Waals surface area contributed by atoms with Gasteiger partial charge in [-0.05, 0) is 18.1 Å². The van der Waals surface area contributed by atoms with Crippen LogP contribution in [-0.2, 0) is 4.74 Å². The van der Waals surface area contributed by atoms with Crippen molar-refractivity contribution in [3.63, 3.8) is 0 Å². The summed E-state index contributed by atoms with van der Waals surface area (Å²) in [5, 5.41) is 3.40. The number of nitrogens with one attached hydrogen (secondary N) is 1. The van der Waals surface area contributed by atoms with E-state index in [2.05, 4.69) is 11.4 Å². The molecule has 1 aromatic carbocycles. The van der Waals surface area contributed by atoms with Gasteiger partial charge in [0.15, 0.2) is 0 Å². The summed E-state index contributed by atoms with van der Waals surface area (Å²) in [7, 11) is 0. The van der Waals surface area contributed by atoms with Crippen LogP contribution in [-0.4, -0.2) is 19.8 Å². The Morgan fingerprint density at radius 3 is 3.07 bits per heavy atom. The van der Waals surface area contributed by atoms with Crippen molar-refractivity contribution in [2.24, 2.45) is 0 Å². The van der Waals surface area contributed by atoms with Crippen LogP contribution in [0, 0.1) is 6.92 Å². The van der Waals surface area contributed by atoms with Gasteiger partial charge >= 0.3 is 0 Å². The van der Waals surface area contributed by atoms with Gasteiger partial charge in [0, 0.05) is 12.2 Å². The third kappa shape index (κ3) is 1.74. The monoisotopic (exact) mass is 192 g/mol. The summed E-state index contributed by atoms with van der Waals surface area (Å²) in [5.41, 5.74) is 9.19. The number of ether oxygens (including phenoxy) is 1. The van der Waals surface area contributed by atoms with Crippen molar-refractivity contribution in [3.8, 4) is 0 Å². The van der Waals surface area contributed by atoms with E-state index in [0.717, 1.165) is 30.0 Å². The molecule has 3 nitrogen and oxygen atoms in total. The minimum Gasteiger partial charge on any atom is -0.398 e. The Morgan fingerprint density at radius 2 is 2.36 bits per heavy atom. The van der Waals surface area contributed by atoms with Crippen molar-refractivity contribution in [1.29, 1.82) is 0 Å². The van der Waals surface area contributed by atoms with Crippen molar-refractivity contribution < 1.29 is 4.74 Å². The minimum atomic E-state index is 0.253. The molecule has 76 valence electrons. The fourth-order valence-corrected chi connectivity index (χ4v) is 1.77. The lowest BCUT2D eigenvalue weighted by atomic mass is 10.0. The van der Waals surface area contributed by atoms with Crippen LogP contribution in [0.3, 0.4) is 0 Å². The molecule has 1 fully saturated rings. The van der Waals surface area contributed by atoms with Gasteiger partial charge in [0.25, 0.3) is 0 Å². The Kier molecular flexibility index (Phi) is 2.70. The van der Waals surface area contributed by atoms with Crippen LogP contribution in [0.1, 0.15) is 17.2 Å². The lowest BCUT2D eigenvalue weighted by Crippen LogP contribution is -2.35. The predicted octanol–water partition coefficient (Wildman–Crippen LogP) is 1.24. The topological polar surface area (TPSA) is 47.3 Å². The smallest absolute Gasteiger partial charge is 0.0662 e. The van der Waals surface area contributed by atoms with Gasteiger partial charge in [0.05, 0.1) is 19.3 Å². The zero-order valence-electron chi connectivity index (χ0n) is 8.42. The number of nitrogens with two attached hydrogens (primary N) is 1. The van der Waals surface area contributed by atoms with Crippen LogP contribution in [0.2, 0.25) is 0 Å². The van der Waals surface area contributed by atoms with Gasteiger partial charge in [0.1, 0.15) is 0 Å². The number of anilines is 1. The number of para-hydroxylation sites is 1. The van der Waals surface area contributed by atoms with Crippen LogP contribution < -0.4 is 11.1 Å². The van der Waals surface area contributed by atoms with Gasteiger partial charge in [-0.15, -0.1) is 0 Å². The summed E-state index contributed by atoms with van der Waals surface area (Å²) in [6.45, 7) is 4.44. The Balaban J connectivity index is 2.26. The third-order valence-electron chi connectivity index (χ3n) is 2.65. The highest BCUT2D eigenvalue weighted by Gasteiger charge is 2.17. The largest absolute Gasteiger partial charge is 0.398 e. The molecule has 1 aliphatic heterocycles. The fraction of sp³-hybridized carbons (Fsp3) is 0.455. The Morgan fingerprint density at radius 1 is 1.50 bits per heavy atom. The van der Waals surface area contributed by atoms with Crippen molar-refractivity contribution in [1.82, 2.24) is 5.32 Å². The minimum absolute atomic E-state index is 0.253. The average Bonchev–Trinajstić information content (AvgIpc) is 2.23. The van der Waals surface area contributed by atoms with E-state index in [4.69, 9.17) is 10.5 Å². The van der Waals surface area contributed by atoms with E-state index in [1.54, 1.807) is 0 Å². The second-order valence-corrected chi connectivity index (χ2v) is 3.66. The van der Waals surface area contributed by atoms with E-state index in [1.807, 2.05) is 19.1 Å². The second kappa shape index (κ2) is 3.98. The molecule has 2 rings (SSSR count). The third-order valence-corrected chi connectivity index (χ3v) is 2.65. The van der Waals surface area contributed by atoms with Gasteiger partial charge in [-0.1, -0.05) is 18.2 Å². The molecule has 1 aliphatic rings. The first kappa shape index (κ1) is 9.49. The maximum atomic E-state index is 6.02. The number of aryl methyl sites for hydroxylation is 1. The van der Waals surface area contributed by atoms with E-state index in [1.165, 1.54) is 0 Å². The number of hydrogen-bond acceptors (Lipinski definition) is 3. The first-order valence-corrected chi connectivity index (χ1v) is 4.95. The quantitative estimate of drug-likeness (QED) is 0.658. The molecule has 1 atom stereocenters. The molecule has 14 heavy (non-hydrogen) atoms.